The molecule has 0 fully saturated rings. The Morgan fingerprint density at radius 2 is 2.05 bits per heavy atom. The number of primary amides is 1. The van der Waals surface area contributed by atoms with E-state index < -0.39 is 0 Å². The van der Waals surface area contributed by atoms with Crippen molar-refractivity contribution in [3.05, 3.63) is 27.7 Å². The molecule has 1 aromatic carbocycles. The van der Waals surface area contributed by atoms with E-state index in [9.17, 15) is 9.90 Å². The molecule has 0 unspecified atom stereocenters. The van der Waals surface area contributed by atoms with E-state index in [2.05, 4.69) is 0 Å². The number of carbonyl (C=O) groups is 1. The van der Waals surface area contributed by atoms with Crippen molar-refractivity contribution >= 4 is 29.1 Å². The smallest absolute Gasteiger partial charge is 0.223 e. The molecule has 0 aliphatic carbocycles. The summed E-state index contributed by atoms with van der Waals surface area (Å²) >= 11 is 12.2. The fraction of sp³-hybridized carbons (Fsp3) is 0.562. The first-order valence-corrected chi connectivity index (χ1v) is 8.04. The summed E-state index contributed by atoms with van der Waals surface area (Å²) in [5.41, 5.74) is 6.09. The average Bonchev–Trinajstić information content (AvgIpc) is 2.46. The lowest BCUT2D eigenvalue weighted by Crippen LogP contribution is -2.34. The molecule has 0 aliphatic rings. The molecular formula is C16H23Cl2NO3. The molecule has 0 aromatic heterocycles. The zero-order chi connectivity index (χ0) is 16.9. The first-order valence-electron chi connectivity index (χ1n) is 7.28. The van der Waals surface area contributed by atoms with Crippen LogP contribution >= 0.6 is 23.2 Å². The molecule has 1 rings (SSSR count). The predicted octanol–water partition coefficient (Wildman–Crippen LogP) is 3.97. The molecule has 0 bridgehead atoms. The minimum Gasteiger partial charge on any atom is -0.508 e. The summed E-state index contributed by atoms with van der Waals surface area (Å²) in [7, 11) is 1.55. The number of halogens is 2. The number of nitrogens with two attached hydrogens (primary N) is 1. The molecule has 0 heterocycles. The van der Waals surface area contributed by atoms with E-state index >= 15 is 0 Å². The third kappa shape index (κ3) is 4.51. The Morgan fingerprint density at radius 1 is 1.41 bits per heavy atom. The Morgan fingerprint density at radius 3 is 2.55 bits per heavy atom. The van der Waals surface area contributed by atoms with Crippen molar-refractivity contribution in [1.82, 2.24) is 0 Å². The van der Waals surface area contributed by atoms with Gasteiger partial charge < -0.3 is 15.6 Å². The second-order valence-electron chi connectivity index (χ2n) is 5.56. The molecule has 1 aromatic rings. The van der Waals surface area contributed by atoms with Crippen LogP contribution in [-0.2, 0) is 9.53 Å². The third-order valence-corrected chi connectivity index (χ3v) is 4.88. The van der Waals surface area contributed by atoms with Crippen LogP contribution in [-0.4, -0.2) is 24.7 Å². The van der Waals surface area contributed by atoms with Crippen LogP contribution in [0.3, 0.4) is 0 Å². The van der Waals surface area contributed by atoms with E-state index in [1.807, 2.05) is 13.8 Å². The topological polar surface area (TPSA) is 72.6 Å². The first kappa shape index (κ1) is 19.1. The third-order valence-electron chi connectivity index (χ3n) is 4.06. The lowest BCUT2D eigenvalue weighted by atomic mass is 9.80. The number of hydrogen-bond acceptors (Lipinski definition) is 3. The molecule has 0 radical (unpaired) electrons. The number of rotatable bonds is 8. The van der Waals surface area contributed by atoms with E-state index in [-0.39, 0.29) is 36.0 Å². The highest BCUT2D eigenvalue weighted by Gasteiger charge is 2.28. The van der Waals surface area contributed by atoms with Crippen molar-refractivity contribution in [1.29, 1.82) is 0 Å². The maximum Gasteiger partial charge on any atom is 0.223 e. The van der Waals surface area contributed by atoms with Crippen LogP contribution in [0.4, 0.5) is 0 Å². The van der Waals surface area contributed by atoms with E-state index in [1.165, 1.54) is 6.07 Å². The number of phenolic OH excluding ortho intramolecular Hbond substituents is 1. The summed E-state index contributed by atoms with van der Waals surface area (Å²) in [5, 5.41) is 10.8. The normalized spacial score (nSPS) is 15.3. The maximum atomic E-state index is 11.6. The van der Waals surface area contributed by atoms with Gasteiger partial charge in [0.1, 0.15) is 5.75 Å². The number of ether oxygens (including phenoxy) is 1. The molecule has 1 amide bonds. The van der Waals surface area contributed by atoms with Crippen LogP contribution < -0.4 is 5.73 Å². The number of aromatic hydroxyl groups is 1. The van der Waals surface area contributed by atoms with Gasteiger partial charge in [-0.25, -0.2) is 0 Å². The van der Waals surface area contributed by atoms with Gasteiger partial charge in [-0.15, -0.1) is 0 Å². The Bertz CT molecular complexity index is 522. The fourth-order valence-corrected chi connectivity index (χ4v) is 3.35. The van der Waals surface area contributed by atoms with E-state index in [1.54, 1.807) is 13.2 Å². The molecule has 6 heteroatoms. The summed E-state index contributed by atoms with van der Waals surface area (Å²) in [5.74, 6) is -0.643. The number of hydrogen-bond donors (Lipinski definition) is 2. The zero-order valence-electron chi connectivity index (χ0n) is 13.1. The van der Waals surface area contributed by atoms with E-state index in [4.69, 9.17) is 33.7 Å². The number of benzene rings is 1. The number of amides is 1. The van der Waals surface area contributed by atoms with Crippen molar-refractivity contribution < 1.29 is 14.6 Å². The standard InChI is InChI=1S/C16H23Cl2NO3/c1-4-10(11(8-22-3)16(19)21)7-9(2)14-13(20)6-5-12(17)15(14)18/h5-6,9-11,20H,4,7-8H2,1-3H3,(H2,19,21)/t9-,10+,11-/m1/s1. The van der Waals surface area contributed by atoms with Crippen molar-refractivity contribution in [2.24, 2.45) is 17.6 Å². The van der Waals surface area contributed by atoms with Crippen LogP contribution in [0.2, 0.25) is 10.0 Å². The molecular weight excluding hydrogens is 325 g/mol. The van der Waals surface area contributed by atoms with Crippen LogP contribution in [0.15, 0.2) is 12.1 Å². The minimum atomic E-state index is -0.373. The predicted molar refractivity (Wildman–Crippen MR) is 89.5 cm³/mol. The average molecular weight is 348 g/mol. The number of carbonyl (C=O) groups excluding carboxylic acids is 1. The monoisotopic (exact) mass is 347 g/mol. The summed E-state index contributed by atoms with van der Waals surface area (Å²) in [4.78, 5) is 11.6. The van der Waals surface area contributed by atoms with Crippen molar-refractivity contribution in [2.45, 2.75) is 32.6 Å². The highest BCUT2D eigenvalue weighted by Crippen LogP contribution is 2.41. The lowest BCUT2D eigenvalue weighted by molar-refractivity contribution is -0.125. The SMILES string of the molecule is CC[C@@H](C[C@@H](C)c1c(O)ccc(Cl)c1Cl)[C@@H](COC)C(N)=O. The molecule has 4 nitrogen and oxygen atoms in total. The first-order chi connectivity index (χ1) is 10.3. The van der Waals surface area contributed by atoms with Crippen LogP contribution in [0, 0.1) is 11.8 Å². The van der Waals surface area contributed by atoms with Crippen molar-refractivity contribution in [3.63, 3.8) is 0 Å². The number of methoxy groups -OCH3 is 1. The Kier molecular flexibility index (Phi) is 7.46. The van der Waals surface area contributed by atoms with Crippen molar-refractivity contribution in [3.8, 4) is 5.75 Å². The highest BCUT2D eigenvalue weighted by molar-refractivity contribution is 6.42. The molecule has 124 valence electrons. The van der Waals surface area contributed by atoms with Gasteiger partial charge in [0.25, 0.3) is 0 Å². The second kappa shape index (κ2) is 8.61. The van der Waals surface area contributed by atoms with Gasteiger partial charge in [0.2, 0.25) is 5.91 Å². The lowest BCUT2D eigenvalue weighted by Gasteiger charge is -2.27. The maximum absolute atomic E-state index is 11.6. The van der Waals surface area contributed by atoms with Gasteiger partial charge in [-0.3, -0.25) is 4.79 Å². The summed E-state index contributed by atoms with van der Waals surface area (Å²) in [6, 6.07) is 3.09. The molecule has 22 heavy (non-hydrogen) atoms. The quantitative estimate of drug-likeness (QED) is 0.747. The minimum absolute atomic E-state index is 0.0434. The van der Waals surface area contributed by atoms with Crippen LogP contribution in [0.5, 0.6) is 5.75 Å². The number of phenols is 1. The molecule has 0 aliphatic heterocycles. The van der Waals surface area contributed by atoms with Crippen LogP contribution in [0.25, 0.3) is 0 Å². The van der Waals surface area contributed by atoms with Gasteiger partial charge in [0.15, 0.2) is 0 Å². The molecule has 0 saturated carbocycles. The van der Waals surface area contributed by atoms with E-state index in [0.717, 1.165) is 6.42 Å². The van der Waals surface area contributed by atoms with Gasteiger partial charge in [0.05, 0.1) is 22.6 Å². The highest BCUT2D eigenvalue weighted by atomic mass is 35.5. The summed E-state index contributed by atoms with van der Waals surface area (Å²) in [6.07, 6.45) is 1.43. The van der Waals surface area contributed by atoms with Gasteiger partial charge >= 0.3 is 0 Å². The largest absolute Gasteiger partial charge is 0.508 e. The molecule has 3 atom stereocenters. The molecule has 0 spiro atoms. The summed E-state index contributed by atoms with van der Waals surface area (Å²) < 4.78 is 5.10. The van der Waals surface area contributed by atoms with Gasteiger partial charge in [-0.05, 0) is 30.4 Å². The van der Waals surface area contributed by atoms with Gasteiger partial charge in [-0.1, -0.05) is 43.5 Å². The van der Waals surface area contributed by atoms with Crippen molar-refractivity contribution in [2.75, 3.05) is 13.7 Å². The molecule has 0 saturated heterocycles. The molecule has 3 N–H and O–H groups in total. The zero-order valence-corrected chi connectivity index (χ0v) is 14.6. The fourth-order valence-electron chi connectivity index (χ4n) is 2.84. The van der Waals surface area contributed by atoms with Gasteiger partial charge in [-0.2, -0.15) is 0 Å². The van der Waals surface area contributed by atoms with E-state index in [0.29, 0.717) is 22.0 Å². The van der Waals surface area contributed by atoms with Gasteiger partial charge in [0, 0.05) is 12.7 Å². The second-order valence-corrected chi connectivity index (χ2v) is 6.35. The Balaban J connectivity index is 3.00. The Labute approximate surface area is 141 Å². The Hall–Kier alpha value is -0.970. The summed E-state index contributed by atoms with van der Waals surface area (Å²) in [6.45, 7) is 4.24. The van der Waals surface area contributed by atoms with Crippen LogP contribution in [0.1, 0.15) is 38.2 Å².